The molecule has 2 bridgehead atoms. The van der Waals surface area contributed by atoms with E-state index in [4.69, 9.17) is 5.11 Å². The average molecular weight is 287 g/mol. The van der Waals surface area contributed by atoms with E-state index in [0.29, 0.717) is 23.6 Å². The Bertz CT molecular complexity index is 602. The summed E-state index contributed by atoms with van der Waals surface area (Å²) in [7, 11) is 0. The van der Waals surface area contributed by atoms with Crippen LogP contribution in [0.1, 0.15) is 29.6 Å². The second kappa shape index (κ2) is 4.44. The predicted octanol–water partition coefficient (Wildman–Crippen LogP) is 1.95. The Hall–Kier alpha value is -2.11. The van der Waals surface area contributed by atoms with Gasteiger partial charge in [0.1, 0.15) is 0 Å². The molecule has 2 amide bonds. The standard InChI is InChI=1S/C15H17N3O3/c19-14(20)9-4-10(6-16-5-9)17-15(21)18-13-11-7-1-2-8(3-7)12(11)13/h4-8,11-13H,1-3H2,(H,19,20)(H2,17,18,21). The molecule has 6 nitrogen and oxygen atoms in total. The van der Waals surface area contributed by atoms with Crippen molar-refractivity contribution in [1.29, 1.82) is 0 Å². The lowest BCUT2D eigenvalue weighted by Crippen LogP contribution is -2.33. The van der Waals surface area contributed by atoms with E-state index in [1.54, 1.807) is 0 Å². The molecule has 6 heteroatoms. The highest BCUT2D eigenvalue weighted by Gasteiger charge is 2.65. The average Bonchev–Trinajstić information content (AvgIpc) is 2.84. The number of aromatic carboxylic acids is 1. The number of hydrogen-bond acceptors (Lipinski definition) is 3. The van der Waals surface area contributed by atoms with E-state index in [-0.39, 0.29) is 11.6 Å². The van der Waals surface area contributed by atoms with Crippen LogP contribution in [-0.2, 0) is 0 Å². The summed E-state index contributed by atoms with van der Waals surface area (Å²) in [4.78, 5) is 26.7. The van der Waals surface area contributed by atoms with Crippen LogP contribution in [0.4, 0.5) is 10.5 Å². The number of carbonyl (C=O) groups excluding carboxylic acids is 1. The van der Waals surface area contributed by atoms with Crippen LogP contribution in [0.25, 0.3) is 0 Å². The molecule has 1 aromatic heterocycles. The molecule has 0 aromatic carbocycles. The molecule has 0 aliphatic heterocycles. The van der Waals surface area contributed by atoms with Crippen LogP contribution in [0, 0.1) is 23.7 Å². The molecule has 4 rings (SSSR count). The van der Waals surface area contributed by atoms with Gasteiger partial charge in [-0.15, -0.1) is 0 Å². The molecule has 3 saturated carbocycles. The molecule has 110 valence electrons. The third-order valence-corrected chi connectivity index (χ3v) is 5.28. The number of carboxylic acid groups (broad SMARTS) is 1. The van der Waals surface area contributed by atoms with Gasteiger partial charge < -0.3 is 15.7 Å². The minimum absolute atomic E-state index is 0.0640. The normalized spacial score (nSPS) is 35.1. The van der Waals surface area contributed by atoms with Gasteiger partial charge in [-0.05, 0) is 49.0 Å². The lowest BCUT2D eigenvalue weighted by Gasteiger charge is -2.11. The number of nitrogens with zero attached hydrogens (tertiary/aromatic N) is 1. The third kappa shape index (κ3) is 2.05. The van der Waals surface area contributed by atoms with Crippen LogP contribution in [0.2, 0.25) is 0 Å². The van der Waals surface area contributed by atoms with Crippen LogP contribution in [0.5, 0.6) is 0 Å². The number of pyridine rings is 1. The Morgan fingerprint density at radius 2 is 1.90 bits per heavy atom. The first-order valence-corrected chi connectivity index (χ1v) is 7.39. The van der Waals surface area contributed by atoms with E-state index in [9.17, 15) is 9.59 Å². The lowest BCUT2D eigenvalue weighted by molar-refractivity contribution is 0.0696. The molecule has 0 spiro atoms. The lowest BCUT2D eigenvalue weighted by atomic mass is 10.0. The van der Waals surface area contributed by atoms with Crippen LogP contribution in [0.3, 0.4) is 0 Å². The van der Waals surface area contributed by atoms with Gasteiger partial charge in [-0.25, -0.2) is 9.59 Å². The first kappa shape index (κ1) is 12.6. The van der Waals surface area contributed by atoms with E-state index in [0.717, 1.165) is 11.8 Å². The van der Waals surface area contributed by atoms with Gasteiger partial charge in [0.15, 0.2) is 0 Å². The van der Waals surface area contributed by atoms with Gasteiger partial charge in [0.05, 0.1) is 17.4 Å². The number of anilines is 1. The van der Waals surface area contributed by atoms with Gasteiger partial charge >= 0.3 is 12.0 Å². The van der Waals surface area contributed by atoms with Gasteiger partial charge in [-0.2, -0.15) is 0 Å². The van der Waals surface area contributed by atoms with Gasteiger partial charge in [0.2, 0.25) is 0 Å². The van der Waals surface area contributed by atoms with Gasteiger partial charge in [-0.1, -0.05) is 0 Å². The quantitative estimate of drug-likeness (QED) is 0.792. The first-order valence-electron chi connectivity index (χ1n) is 7.39. The number of urea groups is 1. The largest absolute Gasteiger partial charge is 0.478 e. The maximum Gasteiger partial charge on any atom is 0.337 e. The number of carbonyl (C=O) groups is 2. The SMILES string of the molecule is O=C(Nc1cncc(C(=O)O)c1)NC1C2C3CCC(C3)C12. The fraction of sp³-hybridized carbons (Fsp3) is 0.533. The smallest absolute Gasteiger partial charge is 0.337 e. The van der Waals surface area contributed by atoms with Crippen molar-refractivity contribution in [2.45, 2.75) is 25.3 Å². The molecule has 21 heavy (non-hydrogen) atoms. The summed E-state index contributed by atoms with van der Waals surface area (Å²) in [5.41, 5.74) is 0.468. The van der Waals surface area contributed by atoms with Crippen molar-refractivity contribution >= 4 is 17.7 Å². The maximum atomic E-state index is 12.0. The number of rotatable bonds is 3. The summed E-state index contributed by atoms with van der Waals surface area (Å²) in [6.07, 6.45) is 6.68. The van der Waals surface area contributed by atoms with Crippen molar-refractivity contribution < 1.29 is 14.7 Å². The highest BCUT2D eigenvalue weighted by Crippen LogP contribution is 2.65. The molecule has 3 N–H and O–H groups in total. The molecule has 3 aliphatic rings. The summed E-state index contributed by atoms with van der Waals surface area (Å²) in [6.45, 7) is 0. The summed E-state index contributed by atoms with van der Waals surface area (Å²) in [5.74, 6) is 1.92. The molecule has 0 radical (unpaired) electrons. The number of carboxylic acids is 1. The second-order valence-corrected chi connectivity index (χ2v) is 6.38. The van der Waals surface area contributed by atoms with Crippen LogP contribution in [-0.4, -0.2) is 28.1 Å². The van der Waals surface area contributed by atoms with E-state index in [1.807, 2.05) is 0 Å². The monoisotopic (exact) mass is 287 g/mol. The van der Waals surface area contributed by atoms with Crippen molar-refractivity contribution in [2.24, 2.45) is 23.7 Å². The van der Waals surface area contributed by atoms with Crippen molar-refractivity contribution in [2.75, 3.05) is 5.32 Å². The third-order valence-electron chi connectivity index (χ3n) is 5.28. The molecule has 0 saturated heterocycles. The fourth-order valence-corrected chi connectivity index (χ4v) is 4.46. The summed E-state index contributed by atoms with van der Waals surface area (Å²) < 4.78 is 0. The van der Waals surface area contributed by atoms with Crippen molar-refractivity contribution in [3.8, 4) is 0 Å². The predicted molar refractivity (Wildman–Crippen MR) is 74.9 cm³/mol. The minimum Gasteiger partial charge on any atom is -0.478 e. The van der Waals surface area contributed by atoms with Crippen molar-refractivity contribution in [3.63, 3.8) is 0 Å². The molecular weight excluding hydrogens is 270 g/mol. The number of aromatic nitrogens is 1. The van der Waals surface area contributed by atoms with Crippen LogP contribution < -0.4 is 10.6 Å². The Morgan fingerprint density at radius 1 is 1.19 bits per heavy atom. The summed E-state index contributed by atoms with van der Waals surface area (Å²) in [5, 5.41) is 14.6. The van der Waals surface area contributed by atoms with Crippen molar-refractivity contribution in [3.05, 3.63) is 24.0 Å². The fourth-order valence-electron chi connectivity index (χ4n) is 4.46. The van der Waals surface area contributed by atoms with Gasteiger partial charge in [0.25, 0.3) is 0 Å². The first-order chi connectivity index (χ1) is 10.1. The molecule has 4 unspecified atom stereocenters. The zero-order valence-corrected chi connectivity index (χ0v) is 11.5. The summed E-state index contributed by atoms with van der Waals surface area (Å²) >= 11 is 0. The Labute approximate surface area is 121 Å². The topological polar surface area (TPSA) is 91.3 Å². The van der Waals surface area contributed by atoms with Crippen LogP contribution >= 0.6 is 0 Å². The Kier molecular flexibility index (Phi) is 2.67. The molecule has 3 aliphatic carbocycles. The molecule has 3 fully saturated rings. The Morgan fingerprint density at radius 3 is 2.57 bits per heavy atom. The van der Waals surface area contributed by atoms with Crippen LogP contribution in [0.15, 0.2) is 18.5 Å². The van der Waals surface area contributed by atoms with Crippen molar-refractivity contribution in [1.82, 2.24) is 10.3 Å². The van der Waals surface area contributed by atoms with E-state index < -0.39 is 5.97 Å². The molecule has 1 aromatic rings. The second-order valence-electron chi connectivity index (χ2n) is 6.38. The highest BCUT2D eigenvalue weighted by atomic mass is 16.4. The Balaban J connectivity index is 1.37. The number of nitrogens with one attached hydrogen (secondary N) is 2. The van der Waals surface area contributed by atoms with E-state index in [2.05, 4.69) is 15.6 Å². The maximum absolute atomic E-state index is 12.0. The zero-order chi connectivity index (χ0) is 14.6. The van der Waals surface area contributed by atoms with E-state index >= 15 is 0 Å². The molecular formula is C15H17N3O3. The summed E-state index contributed by atoms with van der Waals surface area (Å²) in [6, 6.07) is 1.46. The van der Waals surface area contributed by atoms with E-state index in [1.165, 1.54) is 37.7 Å². The number of fused-ring (bicyclic) bond motifs is 5. The molecule has 4 atom stereocenters. The minimum atomic E-state index is -1.06. The highest BCUT2D eigenvalue weighted by molar-refractivity contribution is 5.92. The van der Waals surface area contributed by atoms with Gasteiger partial charge in [-0.3, -0.25) is 4.98 Å². The number of hydrogen-bond donors (Lipinski definition) is 3. The zero-order valence-electron chi connectivity index (χ0n) is 11.5. The number of amides is 2. The molecule has 1 heterocycles. The van der Waals surface area contributed by atoms with Gasteiger partial charge in [0, 0.05) is 12.2 Å².